The van der Waals surface area contributed by atoms with Crippen LogP contribution >= 0.6 is 11.6 Å². The largest absolute Gasteiger partial charge is 0.431 e. The molecule has 1 aliphatic heterocycles. The van der Waals surface area contributed by atoms with Crippen LogP contribution in [0.4, 0.5) is 13.2 Å². The molecule has 0 saturated carbocycles. The summed E-state index contributed by atoms with van der Waals surface area (Å²) in [5, 5.41) is 0.398. The molecular formula is C20H22ClF3N2O4S. The molecule has 0 bridgehead atoms. The van der Waals surface area contributed by atoms with Crippen molar-refractivity contribution in [3.8, 4) is 11.1 Å². The van der Waals surface area contributed by atoms with E-state index in [9.17, 15) is 26.4 Å². The van der Waals surface area contributed by atoms with Gasteiger partial charge in [-0.25, -0.2) is 8.42 Å². The van der Waals surface area contributed by atoms with Crippen molar-refractivity contribution in [2.24, 2.45) is 0 Å². The number of nitrogens with zero attached hydrogens (tertiary/aromatic N) is 2. The molecule has 1 aliphatic rings. The lowest BCUT2D eigenvalue weighted by molar-refractivity contribution is -0.143. The summed E-state index contributed by atoms with van der Waals surface area (Å²) < 4.78 is 71.7. The van der Waals surface area contributed by atoms with Crippen LogP contribution in [0.1, 0.15) is 21.7 Å². The summed E-state index contributed by atoms with van der Waals surface area (Å²) in [5.74, 6) is -1.13. The first kappa shape index (κ1) is 23.6. The highest BCUT2D eigenvalue weighted by atomic mass is 35.5. The second-order valence-electron chi connectivity index (χ2n) is 7.39. The Labute approximate surface area is 183 Å². The Morgan fingerprint density at radius 1 is 1.16 bits per heavy atom. The van der Waals surface area contributed by atoms with Crippen molar-refractivity contribution in [3.63, 3.8) is 0 Å². The van der Waals surface area contributed by atoms with E-state index in [-0.39, 0.29) is 43.1 Å². The number of alkyl halides is 3. The van der Waals surface area contributed by atoms with E-state index < -0.39 is 39.9 Å². The maximum Gasteiger partial charge on any atom is 0.431 e. The number of aromatic nitrogens is 1. The Morgan fingerprint density at radius 2 is 1.74 bits per heavy atom. The lowest BCUT2D eigenvalue weighted by atomic mass is 10.00. The summed E-state index contributed by atoms with van der Waals surface area (Å²) in [6.07, 6.45) is -3.84. The summed E-state index contributed by atoms with van der Waals surface area (Å²) in [6, 6.07) is 6.14. The Balaban J connectivity index is 2.28. The lowest BCUT2D eigenvalue weighted by Crippen LogP contribution is -2.42. The average Bonchev–Trinajstić information content (AvgIpc) is 2.99. The van der Waals surface area contributed by atoms with Crippen LogP contribution in [0.5, 0.6) is 0 Å². The number of benzene rings is 1. The van der Waals surface area contributed by atoms with E-state index in [0.29, 0.717) is 10.6 Å². The monoisotopic (exact) mass is 478 g/mol. The van der Waals surface area contributed by atoms with Gasteiger partial charge in [-0.05, 0) is 30.2 Å². The Hall–Kier alpha value is -2.04. The van der Waals surface area contributed by atoms with Crippen LogP contribution in [0.25, 0.3) is 11.1 Å². The highest BCUT2D eigenvalue weighted by Gasteiger charge is 2.42. The molecule has 2 aromatic rings. The molecule has 2 heterocycles. The van der Waals surface area contributed by atoms with Gasteiger partial charge in [0.1, 0.15) is 21.2 Å². The molecule has 1 amide bonds. The molecule has 0 atom stereocenters. The Kier molecular flexibility index (Phi) is 6.73. The minimum Gasteiger partial charge on any atom is -0.378 e. The summed E-state index contributed by atoms with van der Waals surface area (Å²) in [4.78, 5) is 14.8. The third kappa shape index (κ3) is 5.24. The van der Waals surface area contributed by atoms with Crippen LogP contribution < -0.4 is 0 Å². The quantitative estimate of drug-likeness (QED) is 0.658. The normalized spacial score (nSPS) is 15.4. The SMILES string of the molecule is Cc1c(-c2ccc(Cl)cc2)c(C(=O)N2CCOCC2)n(CCS(C)(=O)=O)c1C(F)(F)F. The standard InChI is InChI=1S/C20H22ClF3N2O4S/c1-13-16(14-3-5-15(21)6-4-14)17(19(27)25-7-10-30-11-8-25)26(9-12-31(2,28)29)18(13)20(22,23)24/h3-6H,7-12H2,1-2H3. The van der Waals surface area contributed by atoms with Gasteiger partial charge in [-0.15, -0.1) is 0 Å². The number of sulfone groups is 1. The zero-order valence-corrected chi connectivity index (χ0v) is 18.6. The number of amides is 1. The number of morpholine rings is 1. The van der Waals surface area contributed by atoms with Gasteiger partial charge in [-0.3, -0.25) is 4.79 Å². The van der Waals surface area contributed by atoms with Crippen molar-refractivity contribution in [2.45, 2.75) is 19.6 Å². The van der Waals surface area contributed by atoms with Crippen molar-refractivity contribution in [2.75, 3.05) is 38.3 Å². The van der Waals surface area contributed by atoms with Gasteiger partial charge in [0.05, 0.1) is 19.0 Å². The number of ether oxygens (including phenoxy) is 1. The molecule has 1 saturated heterocycles. The number of hydrogen-bond acceptors (Lipinski definition) is 4. The molecule has 11 heteroatoms. The van der Waals surface area contributed by atoms with E-state index in [2.05, 4.69) is 0 Å². The fourth-order valence-corrected chi connectivity index (χ4v) is 4.34. The van der Waals surface area contributed by atoms with Crippen molar-refractivity contribution in [1.29, 1.82) is 0 Å². The van der Waals surface area contributed by atoms with E-state index in [1.807, 2.05) is 0 Å². The minimum absolute atomic E-state index is 0.119. The molecule has 0 unspecified atom stereocenters. The van der Waals surface area contributed by atoms with Gasteiger partial charge in [-0.2, -0.15) is 13.2 Å². The molecule has 1 fully saturated rings. The molecular weight excluding hydrogens is 457 g/mol. The van der Waals surface area contributed by atoms with E-state index in [1.165, 1.54) is 24.0 Å². The molecule has 0 aliphatic carbocycles. The molecule has 1 aromatic heterocycles. The van der Waals surface area contributed by atoms with Gasteiger partial charge < -0.3 is 14.2 Å². The zero-order chi connectivity index (χ0) is 23.0. The van der Waals surface area contributed by atoms with Crippen LogP contribution in [-0.2, 0) is 27.3 Å². The molecule has 0 N–H and O–H groups in total. The predicted octanol–water partition coefficient (Wildman–Crippen LogP) is 3.65. The number of rotatable bonds is 5. The molecule has 6 nitrogen and oxygen atoms in total. The van der Waals surface area contributed by atoms with Crippen molar-refractivity contribution in [3.05, 3.63) is 46.2 Å². The van der Waals surface area contributed by atoms with Gasteiger partial charge in [0.2, 0.25) is 0 Å². The van der Waals surface area contributed by atoms with Crippen LogP contribution in [0, 0.1) is 6.92 Å². The summed E-state index contributed by atoms with van der Waals surface area (Å²) in [5.41, 5.74) is -0.841. The predicted molar refractivity (Wildman–Crippen MR) is 111 cm³/mol. The molecule has 0 spiro atoms. The Morgan fingerprint density at radius 3 is 2.26 bits per heavy atom. The van der Waals surface area contributed by atoms with Crippen molar-refractivity contribution in [1.82, 2.24) is 9.47 Å². The number of hydrogen-bond donors (Lipinski definition) is 0. The van der Waals surface area contributed by atoms with Gasteiger partial charge in [0, 0.05) is 36.5 Å². The topological polar surface area (TPSA) is 68.6 Å². The molecule has 3 rings (SSSR count). The number of halogens is 4. The molecule has 1 aromatic carbocycles. The first-order chi connectivity index (χ1) is 14.4. The molecule has 170 valence electrons. The van der Waals surface area contributed by atoms with Gasteiger partial charge in [-0.1, -0.05) is 23.7 Å². The zero-order valence-electron chi connectivity index (χ0n) is 17.0. The second-order valence-corrected chi connectivity index (χ2v) is 10.1. The first-order valence-corrected chi connectivity index (χ1v) is 11.9. The number of carbonyl (C=O) groups is 1. The van der Waals surface area contributed by atoms with E-state index in [1.54, 1.807) is 12.1 Å². The van der Waals surface area contributed by atoms with Gasteiger partial charge >= 0.3 is 6.18 Å². The highest BCUT2D eigenvalue weighted by molar-refractivity contribution is 7.90. The molecule has 31 heavy (non-hydrogen) atoms. The van der Waals surface area contributed by atoms with E-state index >= 15 is 0 Å². The van der Waals surface area contributed by atoms with Crippen LogP contribution in [0.15, 0.2) is 24.3 Å². The smallest absolute Gasteiger partial charge is 0.378 e. The summed E-state index contributed by atoms with van der Waals surface area (Å²) >= 11 is 5.93. The third-order valence-corrected chi connectivity index (χ3v) is 6.27. The fourth-order valence-electron chi connectivity index (χ4n) is 3.70. The third-order valence-electron chi connectivity index (χ3n) is 5.09. The van der Waals surface area contributed by atoms with E-state index in [4.69, 9.17) is 16.3 Å². The van der Waals surface area contributed by atoms with Crippen LogP contribution in [-0.4, -0.2) is 62.1 Å². The minimum atomic E-state index is -4.79. The van der Waals surface area contributed by atoms with Gasteiger partial charge in [0.15, 0.2) is 0 Å². The van der Waals surface area contributed by atoms with Crippen LogP contribution in [0.3, 0.4) is 0 Å². The summed E-state index contributed by atoms with van der Waals surface area (Å²) in [6.45, 7) is 1.81. The average molecular weight is 479 g/mol. The highest BCUT2D eigenvalue weighted by Crippen LogP contribution is 2.41. The molecule has 0 radical (unpaired) electrons. The van der Waals surface area contributed by atoms with Crippen molar-refractivity contribution < 1.29 is 31.1 Å². The second kappa shape index (κ2) is 8.84. The fraction of sp³-hybridized carbons (Fsp3) is 0.450. The maximum atomic E-state index is 14.1. The van der Waals surface area contributed by atoms with Gasteiger partial charge in [0.25, 0.3) is 5.91 Å². The maximum absolute atomic E-state index is 14.1. The number of carbonyl (C=O) groups excluding carboxylic acids is 1. The Bertz CT molecular complexity index is 1070. The lowest BCUT2D eigenvalue weighted by Gasteiger charge is -2.28. The van der Waals surface area contributed by atoms with E-state index in [0.717, 1.165) is 10.8 Å². The summed E-state index contributed by atoms with van der Waals surface area (Å²) in [7, 11) is -3.58. The first-order valence-electron chi connectivity index (χ1n) is 9.51. The van der Waals surface area contributed by atoms with Crippen molar-refractivity contribution >= 4 is 27.3 Å². The van der Waals surface area contributed by atoms with Crippen LogP contribution in [0.2, 0.25) is 5.02 Å².